The number of aryl methyl sites for hydroxylation is 1. The van der Waals surface area contributed by atoms with Crippen molar-refractivity contribution in [3.63, 3.8) is 0 Å². The molecule has 0 spiro atoms. The standard InChI is InChI=1S/C16H21ClN4/c1-13-10-15(17)20-16(19-13)12-21(9-5-8-18)11-14-6-3-2-4-7-14/h2-4,6-7,10H,5,8-9,11-12,18H2,1H3. The second kappa shape index (κ2) is 8.08. The van der Waals surface area contributed by atoms with Gasteiger partial charge in [-0.1, -0.05) is 41.9 Å². The maximum absolute atomic E-state index is 6.01. The van der Waals surface area contributed by atoms with Gasteiger partial charge in [-0.2, -0.15) is 0 Å². The van der Waals surface area contributed by atoms with E-state index in [1.807, 2.05) is 13.0 Å². The lowest BCUT2D eigenvalue weighted by Crippen LogP contribution is -2.26. The molecule has 2 N–H and O–H groups in total. The van der Waals surface area contributed by atoms with Crippen LogP contribution in [-0.4, -0.2) is 28.0 Å². The fraction of sp³-hybridized carbons (Fsp3) is 0.375. The van der Waals surface area contributed by atoms with E-state index in [4.69, 9.17) is 17.3 Å². The molecule has 0 radical (unpaired) electrons. The van der Waals surface area contributed by atoms with Crippen LogP contribution in [0.1, 0.15) is 23.5 Å². The van der Waals surface area contributed by atoms with E-state index in [1.54, 1.807) is 6.07 Å². The molecule has 1 aromatic heterocycles. The molecule has 0 atom stereocenters. The third kappa shape index (κ3) is 5.42. The number of aromatic nitrogens is 2. The molecule has 1 aromatic carbocycles. The van der Waals surface area contributed by atoms with Gasteiger partial charge in [0.1, 0.15) is 11.0 Å². The average Bonchev–Trinajstić information content (AvgIpc) is 2.45. The Kier molecular flexibility index (Phi) is 6.11. The van der Waals surface area contributed by atoms with E-state index in [0.717, 1.165) is 31.0 Å². The first-order chi connectivity index (χ1) is 10.2. The van der Waals surface area contributed by atoms with Crippen molar-refractivity contribution in [3.8, 4) is 0 Å². The maximum Gasteiger partial charge on any atom is 0.144 e. The highest BCUT2D eigenvalue weighted by molar-refractivity contribution is 6.29. The Morgan fingerprint density at radius 1 is 1.14 bits per heavy atom. The van der Waals surface area contributed by atoms with Gasteiger partial charge >= 0.3 is 0 Å². The van der Waals surface area contributed by atoms with Crippen LogP contribution in [0.4, 0.5) is 0 Å². The Labute approximate surface area is 131 Å². The molecule has 21 heavy (non-hydrogen) atoms. The second-order valence-corrected chi connectivity index (χ2v) is 5.47. The molecule has 0 saturated heterocycles. The van der Waals surface area contributed by atoms with Gasteiger partial charge in [0.25, 0.3) is 0 Å². The molecule has 0 unspecified atom stereocenters. The van der Waals surface area contributed by atoms with Gasteiger partial charge in [-0.25, -0.2) is 9.97 Å². The van der Waals surface area contributed by atoms with Gasteiger partial charge in [0.15, 0.2) is 0 Å². The van der Waals surface area contributed by atoms with Crippen LogP contribution in [0.15, 0.2) is 36.4 Å². The summed E-state index contributed by atoms with van der Waals surface area (Å²) in [6.45, 7) is 5.06. The predicted molar refractivity (Wildman–Crippen MR) is 86.0 cm³/mol. The van der Waals surface area contributed by atoms with E-state index in [-0.39, 0.29) is 0 Å². The minimum atomic E-state index is 0.496. The van der Waals surface area contributed by atoms with E-state index in [0.29, 0.717) is 18.2 Å². The van der Waals surface area contributed by atoms with Gasteiger partial charge in [0.2, 0.25) is 0 Å². The van der Waals surface area contributed by atoms with Crippen molar-refractivity contribution in [2.75, 3.05) is 13.1 Å². The number of halogens is 1. The number of hydrogen-bond acceptors (Lipinski definition) is 4. The molecular weight excluding hydrogens is 284 g/mol. The molecule has 0 aliphatic heterocycles. The maximum atomic E-state index is 6.01. The molecule has 0 amide bonds. The number of nitrogens with two attached hydrogens (primary N) is 1. The summed E-state index contributed by atoms with van der Waals surface area (Å²) in [4.78, 5) is 11.1. The average molecular weight is 305 g/mol. The summed E-state index contributed by atoms with van der Waals surface area (Å²) in [6.07, 6.45) is 0.951. The Hall–Kier alpha value is -1.49. The van der Waals surface area contributed by atoms with Gasteiger partial charge in [-0.3, -0.25) is 4.90 Å². The van der Waals surface area contributed by atoms with E-state index in [1.165, 1.54) is 5.56 Å². The molecule has 2 rings (SSSR count). The lowest BCUT2D eigenvalue weighted by molar-refractivity contribution is 0.248. The molecule has 0 saturated carbocycles. The summed E-state index contributed by atoms with van der Waals surface area (Å²) in [5, 5.41) is 0.496. The molecule has 2 aromatic rings. The topological polar surface area (TPSA) is 55.0 Å². The summed E-state index contributed by atoms with van der Waals surface area (Å²) in [6, 6.07) is 12.1. The van der Waals surface area contributed by atoms with Gasteiger partial charge in [-0.15, -0.1) is 0 Å². The number of hydrogen-bond donors (Lipinski definition) is 1. The Balaban J connectivity index is 2.08. The molecular formula is C16H21ClN4. The lowest BCUT2D eigenvalue weighted by Gasteiger charge is -2.21. The smallest absolute Gasteiger partial charge is 0.144 e. The van der Waals surface area contributed by atoms with Crippen LogP contribution in [0.2, 0.25) is 5.15 Å². The van der Waals surface area contributed by atoms with Crippen molar-refractivity contribution >= 4 is 11.6 Å². The zero-order valence-corrected chi connectivity index (χ0v) is 13.1. The monoisotopic (exact) mass is 304 g/mol. The fourth-order valence-electron chi connectivity index (χ4n) is 2.23. The van der Waals surface area contributed by atoms with Crippen LogP contribution in [0.5, 0.6) is 0 Å². The van der Waals surface area contributed by atoms with Crippen molar-refractivity contribution in [1.29, 1.82) is 0 Å². The fourth-order valence-corrected chi connectivity index (χ4v) is 2.49. The molecule has 112 valence electrons. The van der Waals surface area contributed by atoms with Crippen molar-refractivity contribution in [1.82, 2.24) is 14.9 Å². The predicted octanol–water partition coefficient (Wildman–Crippen LogP) is 2.79. The summed E-state index contributed by atoms with van der Waals surface area (Å²) in [7, 11) is 0. The number of rotatable bonds is 7. The zero-order valence-electron chi connectivity index (χ0n) is 12.3. The van der Waals surface area contributed by atoms with Crippen LogP contribution < -0.4 is 5.73 Å². The minimum absolute atomic E-state index is 0.496. The highest BCUT2D eigenvalue weighted by Crippen LogP contribution is 2.11. The van der Waals surface area contributed by atoms with Crippen molar-refractivity contribution in [3.05, 3.63) is 58.6 Å². The molecule has 4 nitrogen and oxygen atoms in total. The highest BCUT2D eigenvalue weighted by Gasteiger charge is 2.10. The Morgan fingerprint density at radius 3 is 2.57 bits per heavy atom. The van der Waals surface area contributed by atoms with Crippen LogP contribution >= 0.6 is 11.6 Å². The van der Waals surface area contributed by atoms with Crippen LogP contribution in [0.25, 0.3) is 0 Å². The zero-order chi connectivity index (χ0) is 15.1. The van der Waals surface area contributed by atoms with E-state index in [2.05, 4.69) is 39.1 Å². The van der Waals surface area contributed by atoms with Gasteiger partial charge in [0.05, 0.1) is 6.54 Å². The molecule has 0 fully saturated rings. The third-order valence-electron chi connectivity index (χ3n) is 3.16. The quantitative estimate of drug-likeness (QED) is 0.799. The van der Waals surface area contributed by atoms with E-state index < -0.39 is 0 Å². The lowest BCUT2D eigenvalue weighted by atomic mass is 10.2. The van der Waals surface area contributed by atoms with Gasteiger partial charge < -0.3 is 5.73 Å². The van der Waals surface area contributed by atoms with E-state index in [9.17, 15) is 0 Å². The minimum Gasteiger partial charge on any atom is -0.330 e. The number of benzene rings is 1. The van der Waals surface area contributed by atoms with Crippen LogP contribution in [0.3, 0.4) is 0 Å². The molecule has 5 heteroatoms. The Bertz CT molecular complexity index is 539. The first-order valence-electron chi connectivity index (χ1n) is 7.14. The van der Waals surface area contributed by atoms with Crippen LogP contribution in [-0.2, 0) is 13.1 Å². The first kappa shape index (κ1) is 15.9. The van der Waals surface area contributed by atoms with Crippen molar-refractivity contribution in [2.45, 2.75) is 26.4 Å². The van der Waals surface area contributed by atoms with E-state index >= 15 is 0 Å². The van der Waals surface area contributed by atoms with Gasteiger partial charge in [-0.05, 0) is 31.5 Å². The largest absolute Gasteiger partial charge is 0.330 e. The second-order valence-electron chi connectivity index (χ2n) is 5.09. The van der Waals surface area contributed by atoms with Crippen molar-refractivity contribution in [2.24, 2.45) is 5.73 Å². The molecule has 1 heterocycles. The van der Waals surface area contributed by atoms with Crippen LogP contribution in [0, 0.1) is 6.92 Å². The molecule has 0 aliphatic carbocycles. The summed E-state index contributed by atoms with van der Waals surface area (Å²) in [5.41, 5.74) is 7.80. The molecule has 0 aliphatic rings. The third-order valence-corrected chi connectivity index (χ3v) is 3.36. The normalized spacial score (nSPS) is 11.0. The summed E-state index contributed by atoms with van der Waals surface area (Å²) in [5.74, 6) is 0.757. The SMILES string of the molecule is Cc1cc(Cl)nc(CN(CCCN)Cc2ccccc2)n1. The highest BCUT2D eigenvalue weighted by atomic mass is 35.5. The molecule has 0 bridgehead atoms. The van der Waals surface area contributed by atoms with Crippen molar-refractivity contribution < 1.29 is 0 Å². The Morgan fingerprint density at radius 2 is 1.90 bits per heavy atom. The summed E-state index contributed by atoms with van der Waals surface area (Å²) >= 11 is 6.01. The first-order valence-corrected chi connectivity index (χ1v) is 7.51. The van der Waals surface area contributed by atoms with Gasteiger partial charge in [0, 0.05) is 18.8 Å². The summed E-state index contributed by atoms with van der Waals surface area (Å²) < 4.78 is 0. The number of nitrogens with zero attached hydrogens (tertiary/aromatic N) is 3.